The molecule has 0 atom stereocenters. The lowest BCUT2D eigenvalue weighted by molar-refractivity contribution is -0.147. The molecule has 0 unspecified atom stereocenters. The fourth-order valence-corrected chi connectivity index (χ4v) is 7.37. The van der Waals surface area contributed by atoms with Crippen LogP contribution in [0.1, 0.15) is 106 Å². The van der Waals surface area contributed by atoms with Crippen molar-refractivity contribution in [2.45, 2.75) is 110 Å². The number of amides is 1. The SMILES string of the molecule is Cc1c(C(=O)NCCC(C)(C)C(=O)O)c(C)n(-c2ccc(S(=O)(=O)NC(C)(C)C)c(C(F)(F)F)c2)c1CC1CCCCC1. The summed E-state index contributed by atoms with van der Waals surface area (Å²) >= 11 is 0. The summed E-state index contributed by atoms with van der Waals surface area (Å²) in [6.07, 6.45) is 0.966. The van der Waals surface area contributed by atoms with Crippen LogP contribution in [0.25, 0.3) is 5.69 Å². The number of alkyl halides is 3. The number of rotatable bonds is 10. The van der Waals surface area contributed by atoms with Crippen molar-refractivity contribution in [3.63, 3.8) is 0 Å². The van der Waals surface area contributed by atoms with Crippen molar-refractivity contribution in [1.82, 2.24) is 14.6 Å². The first kappa shape index (κ1) is 34.6. The Kier molecular flexibility index (Phi) is 10.2. The number of aliphatic carboxylic acids is 1. The second-order valence-corrected chi connectivity index (χ2v) is 15.0. The summed E-state index contributed by atoms with van der Waals surface area (Å²) in [5.74, 6) is -1.13. The van der Waals surface area contributed by atoms with Crippen molar-refractivity contribution in [2.24, 2.45) is 11.3 Å². The zero-order valence-electron chi connectivity index (χ0n) is 26.0. The number of nitrogens with zero attached hydrogens (tertiary/aromatic N) is 1. The van der Waals surface area contributed by atoms with Crippen molar-refractivity contribution in [1.29, 1.82) is 0 Å². The molecule has 2 aromatic rings. The van der Waals surface area contributed by atoms with Gasteiger partial charge < -0.3 is 15.0 Å². The summed E-state index contributed by atoms with van der Waals surface area (Å²) in [5, 5.41) is 12.2. The Labute approximate surface area is 252 Å². The molecule has 1 saturated carbocycles. The highest BCUT2D eigenvalue weighted by atomic mass is 32.2. The Balaban J connectivity index is 2.15. The number of aromatic nitrogens is 1. The number of carbonyl (C=O) groups is 2. The van der Waals surface area contributed by atoms with Crippen LogP contribution in [-0.4, -0.2) is 42.1 Å². The predicted molar refractivity (Wildman–Crippen MR) is 159 cm³/mol. The second-order valence-electron chi connectivity index (χ2n) is 13.3. The van der Waals surface area contributed by atoms with Gasteiger partial charge in [-0.2, -0.15) is 13.2 Å². The van der Waals surface area contributed by atoms with Gasteiger partial charge in [-0.25, -0.2) is 13.1 Å². The van der Waals surface area contributed by atoms with E-state index in [0.29, 0.717) is 34.9 Å². The van der Waals surface area contributed by atoms with E-state index in [1.54, 1.807) is 53.0 Å². The summed E-state index contributed by atoms with van der Waals surface area (Å²) in [7, 11) is -4.50. The molecule has 43 heavy (non-hydrogen) atoms. The predicted octanol–water partition coefficient (Wildman–Crippen LogP) is 6.54. The van der Waals surface area contributed by atoms with Crippen molar-refractivity contribution in [3.05, 3.63) is 46.3 Å². The Morgan fingerprint density at radius 2 is 1.63 bits per heavy atom. The van der Waals surface area contributed by atoms with Gasteiger partial charge in [-0.05, 0) is 91.0 Å². The number of hydrogen-bond donors (Lipinski definition) is 3. The first-order valence-corrected chi connectivity index (χ1v) is 16.1. The maximum Gasteiger partial charge on any atom is 0.417 e. The van der Waals surface area contributed by atoms with Crippen molar-refractivity contribution < 1.29 is 36.3 Å². The van der Waals surface area contributed by atoms with Crippen LogP contribution in [0.5, 0.6) is 0 Å². The van der Waals surface area contributed by atoms with E-state index in [0.717, 1.165) is 44.2 Å². The highest BCUT2D eigenvalue weighted by Gasteiger charge is 2.39. The van der Waals surface area contributed by atoms with E-state index in [1.807, 2.05) is 0 Å². The molecule has 1 aromatic heterocycles. The van der Waals surface area contributed by atoms with E-state index < -0.39 is 49.5 Å². The molecule has 1 amide bonds. The van der Waals surface area contributed by atoms with Gasteiger partial charge in [0.2, 0.25) is 10.0 Å². The van der Waals surface area contributed by atoms with Crippen LogP contribution < -0.4 is 10.0 Å². The summed E-state index contributed by atoms with van der Waals surface area (Å²) in [6.45, 7) is 11.3. The minimum absolute atomic E-state index is 0.103. The lowest BCUT2D eigenvalue weighted by atomic mass is 9.85. The molecular weight excluding hydrogens is 583 g/mol. The second kappa shape index (κ2) is 12.6. The lowest BCUT2D eigenvalue weighted by Gasteiger charge is -2.24. The number of carboxylic acid groups (broad SMARTS) is 1. The Morgan fingerprint density at radius 1 is 1.02 bits per heavy atom. The van der Waals surface area contributed by atoms with E-state index in [9.17, 15) is 36.3 Å². The number of hydrogen-bond acceptors (Lipinski definition) is 4. The van der Waals surface area contributed by atoms with Gasteiger partial charge in [0.15, 0.2) is 0 Å². The van der Waals surface area contributed by atoms with Gasteiger partial charge in [-0.15, -0.1) is 0 Å². The molecule has 0 radical (unpaired) electrons. The first-order valence-electron chi connectivity index (χ1n) is 14.6. The van der Waals surface area contributed by atoms with E-state index in [1.165, 1.54) is 6.07 Å². The smallest absolute Gasteiger partial charge is 0.417 e. The van der Waals surface area contributed by atoms with Crippen LogP contribution in [0.4, 0.5) is 13.2 Å². The third-order valence-electron chi connectivity index (χ3n) is 8.08. The number of carboxylic acids is 1. The third-order valence-corrected chi connectivity index (χ3v) is 9.90. The molecule has 1 aliphatic carbocycles. The van der Waals surface area contributed by atoms with Crippen molar-refractivity contribution >= 4 is 21.9 Å². The summed E-state index contributed by atoms with van der Waals surface area (Å²) in [5.41, 5.74) is -1.14. The quantitative estimate of drug-likeness (QED) is 0.277. The largest absolute Gasteiger partial charge is 0.481 e. The van der Waals surface area contributed by atoms with Crippen LogP contribution in [0, 0.1) is 25.2 Å². The molecule has 8 nitrogen and oxygen atoms in total. The minimum Gasteiger partial charge on any atom is -0.481 e. The van der Waals surface area contributed by atoms with Crippen LogP contribution in [-0.2, 0) is 27.4 Å². The van der Waals surface area contributed by atoms with Crippen LogP contribution in [0.3, 0.4) is 0 Å². The monoisotopic (exact) mass is 627 g/mol. The molecule has 1 aliphatic rings. The molecule has 1 aromatic carbocycles. The standard InChI is InChI=1S/C31H44F3N3O5S/c1-19-24(17-21-11-9-8-10-12-21)37(20(2)26(19)27(38)35-16-15-30(6,7)28(39)40)22-13-14-25(23(18-22)31(32,33)34)43(41,42)36-29(3,4)5/h13-14,18,21,36H,8-12,15-17H2,1-7H3,(H,35,38)(H,39,40). The molecule has 0 spiro atoms. The highest BCUT2D eigenvalue weighted by Crippen LogP contribution is 2.38. The van der Waals surface area contributed by atoms with E-state index >= 15 is 0 Å². The van der Waals surface area contributed by atoms with Crippen LogP contribution >= 0.6 is 0 Å². The van der Waals surface area contributed by atoms with Gasteiger partial charge in [0.05, 0.1) is 21.4 Å². The summed E-state index contributed by atoms with van der Waals surface area (Å²) < 4.78 is 73.1. The number of halogens is 3. The molecule has 240 valence electrons. The fourth-order valence-electron chi connectivity index (χ4n) is 5.75. The molecule has 1 heterocycles. The topological polar surface area (TPSA) is 118 Å². The van der Waals surface area contributed by atoms with Gasteiger partial charge >= 0.3 is 12.1 Å². The molecular formula is C31H44F3N3O5S. The fraction of sp³-hybridized carbons (Fsp3) is 0.613. The third kappa shape index (κ3) is 8.20. The Hall–Kier alpha value is -2.86. The number of sulfonamides is 1. The molecule has 3 rings (SSSR count). The molecule has 12 heteroatoms. The van der Waals surface area contributed by atoms with Gasteiger partial charge in [0, 0.05) is 29.2 Å². The van der Waals surface area contributed by atoms with Gasteiger partial charge in [-0.3, -0.25) is 9.59 Å². The van der Waals surface area contributed by atoms with Gasteiger partial charge in [-0.1, -0.05) is 32.1 Å². The van der Waals surface area contributed by atoms with Crippen LogP contribution in [0.15, 0.2) is 23.1 Å². The molecule has 0 bridgehead atoms. The first-order chi connectivity index (χ1) is 19.7. The lowest BCUT2D eigenvalue weighted by Crippen LogP contribution is -2.41. The number of nitrogens with one attached hydrogen (secondary N) is 2. The average molecular weight is 628 g/mol. The van der Waals surface area contributed by atoms with E-state index in [-0.39, 0.29) is 18.7 Å². The average Bonchev–Trinajstić information content (AvgIpc) is 3.11. The molecule has 0 saturated heterocycles. The van der Waals surface area contributed by atoms with Crippen LogP contribution in [0.2, 0.25) is 0 Å². The molecule has 1 fully saturated rings. The summed E-state index contributed by atoms with van der Waals surface area (Å²) in [6, 6.07) is 3.16. The zero-order valence-corrected chi connectivity index (χ0v) is 26.9. The van der Waals surface area contributed by atoms with Gasteiger partial charge in [0.25, 0.3) is 5.91 Å². The zero-order chi connectivity index (χ0) is 32.5. The highest BCUT2D eigenvalue weighted by molar-refractivity contribution is 7.89. The maximum absolute atomic E-state index is 14.4. The maximum atomic E-state index is 14.4. The number of carbonyl (C=O) groups excluding carboxylic acids is 1. The van der Waals surface area contributed by atoms with E-state index in [4.69, 9.17) is 0 Å². The Bertz CT molecular complexity index is 1460. The van der Waals surface area contributed by atoms with Crippen molar-refractivity contribution in [2.75, 3.05) is 6.54 Å². The molecule has 0 aliphatic heterocycles. The number of benzene rings is 1. The van der Waals surface area contributed by atoms with E-state index in [2.05, 4.69) is 10.0 Å². The van der Waals surface area contributed by atoms with Crippen molar-refractivity contribution in [3.8, 4) is 5.69 Å². The van der Waals surface area contributed by atoms with Gasteiger partial charge in [0.1, 0.15) is 0 Å². The summed E-state index contributed by atoms with van der Waals surface area (Å²) in [4.78, 5) is 24.1. The molecule has 3 N–H and O–H groups in total. The minimum atomic E-state index is -4.96. The Morgan fingerprint density at radius 3 is 2.16 bits per heavy atom. The normalized spacial score (nSPS) is 15.5.